The lowest BCUT2D eigenvalue weighted by Gasteiger charge is -2.29. The Balaban J connectivity index is 2.19. The standard InChI is InChI=1S/C18H19NO/c1-11-8-9-15-16(14-7-5-4-6-12(14)2)10-17(20)19-18(15)13(11)3/h4-9,16H,10H2,1-3H3,(H,19,20)/t16-/m1/s1. The first kappa shape index (κ1) is 12.9. The van der Waals surface area contributed by atoms with Crippen molar-refractivity contribution in [1.29, 1.82) is 0 Å². The second-order valence-corrected chi connectivity index (χ2v) is 5.63. The van der Waals surface area contributed by atoms with Gasteiger partial charge < -0.3 is 5.32 Å². The third-order valence-electron chi connectivity index (χ3n) is 4.36. The summed E-state index contributed by atoms with van der Waals surface area (Å²) in [5.74, 6) is 0.277. The fraction of sp³-hybridized carbons (Fsp3) is 0.278. The molecule has 2 nitrogen and oxygen atoms in total. The fourth-order valence-corrected chi connectivity index (χ4v) is 3.03. The van der Waals surface area contributed by atoms with Gasteiger partial charge >= 0.3 is 0 Å². The lowest BCUT2D eigenvalue weighted by Crippen LogP contribution is -2.25. The summed E-state index contributed by atoms with van der Waals surface area (Å²) in [5.41, 5.74) is 7.14. The molecule has 1 atom stereocenters. The highest BCUT2D eigenvalue weighted by atomic mass is 16.1. The molecule has 2 aromatic carbocycles. The molecule has 0 spiro atoms. The number of rotatable bonds is 1. The van der Waals surface area contributed by atoms with Crippen LogP contribution in [0.5, 0.6) is 0 Å². The van der Waals surface area contributed by atoms with Crippen molar-refractivity contribution in [3.8, 4) is 0 Å². The van der Waals surface area contributed by atoms with Gasteiger partial charge in [-0.05, 0) is 48.6 Å². The number of nitrogens with one attached hydrogen (secondary N) is 1. The van der Waals surface area contributed by atoms with Gasteiger partial charge in [0.25, 0.3) is 0 Å². The largest absolute Gasteiger partial charge is 0.326 e. The smallest absolute Gasteiger partial charge is 0.225 e. The van der Waals surface area contributed by atoms with Gasteiger partial charge in [-0.15, -0.1) is 0 Å². The van der Waals surface area contributed by atoms with Gasteiger partial charge in [-0.25, -0.2) is 0 Å². The molecule has 0 saturated carbocycles. The molecule has 0 saturated heterocycles. The Labute approximate surface area is 119 Å². The lowest BCUT2D eigenvalue weighted by atomic mass is 9.81. The molecular formula is C18H19NO. The normalized spacial score (nSPS) is 17.6. The molecule has 3 rings (SSSR count). The van der Waals surface area contributed by atoms with Crippen molar-refractivity contribution in [3.63, 3.8) is 0 Å². The van der Waals surface area contributed by atoms with Crippen molar-refractivity contribution in [2.75, 3.05) is 5.32 Å². The van der Waals surface area contributed by atoms with Crippen LogP contribution in [0.1, 0.15) is 40.2 Å². The van der Waals surface area contributed by atoms with Crippen molar-refractivity contribution >= 4 is 11.6 Å². The third-order valence-corrected chi connectivity index (χ3v) is 4.36. The minimum absolute atomic E-state index is 0.111. The number of amides is 1. The summed E-state index contributed by atoms with van der Waals surface area (Å²) in [5, 5.41) is 3.05. The molecule has 1 heterocycles. The number of hydrogen-bond donors (Lipinski definition) is 1. The van der Waals surface area contributed by atoms with Crippen molar-refractivity contribution in [3.05, 3.63) is 64.2 Å². The summed E-state index contributed by atoms with van der Waals surface area (Å²) in [7, 11) is 0. The maximum atomic E-state index is 12.1. The topological polar surface area (TPSA) is 29.1 Å². The number of fused-ring (bicyclic) bond motifs is 1. The molecule has 0 aromatic heterocycles. The number of aryl methyl sites for hydroxylation is 2. The van der Waals surface area contributed by atoms with E-state index in [0.29, 0.717) is 6.42 Å². The van der Waals surface area contributed by atoms with E-state index >= 15 is 0 Å². The summed E-state index contributed by atoms with van der Waals surface area (Å²) in [6.45, 7) is 6.27. The molecular weight excluding hydrogens is 246 g/mol. The van der Waals surface area contributed by atoms with E-state index in [-0.39, 0.29) is 11.8 Å². The van der Waals surface area contributed by atoms with Gasteiger partial charge in [0.1, 0.15) is 0 Å². The van der Waals surface area contributed by atoms with E-state index in [9.17, 15) is 4.79 Å². The molecule has 2 aromatic rings. The highest BCUT2D eigenvalue weighted by Gasteiger charge is 2.28. The molecule has 1 amide bonds. The average molecular weight is 265 g/mol. The second kappa shape index (κ2) is 4.78. The van der Waals surface area contributed by atoms with E-state index in [0.717, 1.165) is 5.69 Å². The zero-order valence-corrected chi connectivity index (χ0v) is 12.2. The lowest BCUT2D eigenvalue weighted by molar-refractivity contribution is -0.116. The first-order valence-corrected chi connectivity index (χ1v) is 7.03. The molecule has 1 aliphatic rings. The SMILES string of the molecule is Cc1ccccc1[C@H]1CC(=O)Nc2c1ccc(C)c2C. The molecule has 0 radical (unpaired) electrons. The predicted molar refractivity (Wildman–Crippen MR) is 82.2 cm³/mol. The van der Waals surface area contributed by atoms with E-state index in [4.69, 9.17) is 0 Å². The Kier molecular flexibility index (Phi) is 3.09. The van der Waals surface area contributed by atoms with Crippen LogP contribution in [0.25, 0.3) is 0 Å². The monoisotopic (exact) mass is 265 g/mol. The Morgan fingerprint density at radius 3 is 2.45 bits per heavy atom. The number of anilines is 1. The fourth-order valence-electron chi connectivity index (χ4n) is 3.03. The van der Waals surface area contributed by atoms with Gasteiger partial charge in [-0.1, -0.05) is 36.4 Å². The third kappa shape index (κ3) is 2.01. The average Bonchev–Trinajstić information content (AvgIpc) is 2.43. The van der Waals surface area contributed by atoms with Gasteiger partial charge in [0, 0.05) is 18.0 Å². The molecule has 20 heavy (non-hydrogen) atoms. The van der Waals surface area contributed by atoms with Gasteiger partial charge in [-0.3, -0.25) is 4.79 Å². The van der Waals surface area contributed by atoms with Gasteiger partial charge in [0.15, 0.2) is 0 Å². The Hall–Kier alpha value is -2.09. The van der Waals surface area contributed by atoms with Crippen molar-refractivity contribution in [2.24, 2.45) is 0 Å². The van der Waals surface area contributed by atoms with Crippen molar-refractivity contribution in [2.45, 2.75) is 33.1 Å². The molecule has 2 heteroatoms. The van der Waals surface area contributed by atoms with Crippen LogP contribution in [-0.2, 0) is 4.79 Å². The summed E-state index contributed by atoms with van der Waals surface area (Å²) in [4.78, 5) is 12.1. The van der Waals surface area contributed by atoms with Crippen LogP contribution in [0.2, 0.25) is 0 Å². The molecule has 0 unspecified atom stereocenters. The van der Waals surface area contributed by atoms with Crippen LogP contribution >= 0.6 is 0 Å². The maximum Gasteiger partial charge on any atom is 0.225 e. The van der Waals surface area contributed by atoms with Crippen LogP contribution in [0.4, 0.5) is 5.69 Å². The van der Waals surface area contributed by atoms with E-state index in [2.05, 4.69) is 56.4 Å². The molecule has 0 aliphatic carbocycles. The summed E-state index contributed by atoms with van der Waals surface area (Å²) in [6.07, 6.45) is 0.528. The van der Waals surface area contributed by atoms with Gasteiger partial charge in [0.05, 0.1) is 0 Å². The Morgan fingerprint density at radius 2 is 1.70 bits per heavy atom. The number of benzene rings is 2. The highest BCUT2D eigenvalue weighted by molar-refractivity contribution is 5.96. The number of carbonyl (C=O) groups is 1. The van der Waals surface area contributed by atoms with E-state index in [1.54, 1.807) is 0 Å². The predicted octanol–water partition coefficient (Wildman–Crippen LogP) is 4.09. The number of hydrogen-bond acceptors (Lipinski definition) is 1. The zero-order chi connectivity index (χ0) is 14.3. The summed E-state index contributed by atoms with van der Waals surface area (Å²) >= 11 is 0. The minimum Gasteiger partial charge on any atom is -0.326 e. The Bertz CT molecular complexity index is 688. The van der Waals surface area contributed by atoms with Crippen LogP contribution in [0.15, 0.2) is 36.4 Å². The minimum atomic E-state index is 0.111. The van der Waals surface area contributed by atoms with Crippen LogP contribution in [-0.4, -0.2) is 5.91 Å². The van der Waals surface area contributed by atoms with Crippen molar-refractivity contribution in [1.82, 2.24) is 0 Å². The Morgan fingerprint density at radius 1 is 0.950 bits per heavy atom. The molecule has 0 bridgehead atoms. The van der Waals surface area contributed by atoms with E-state index < -0.39 is 0 Å². The quantitative estimate of drug-likeness (QED) is 0.826. The first-order valence-electron chi connectivity index (χ1n) is 7.03. The highest BCUT2D eigenvalue weighted by Crippen LogP contribution is 2.40. The van der Waals surface area contributed by atoms with Crippen molar-refractivity contribution < 1.29 is 4.79 Å². The first-order chi connectivity index (χ1) is 9.58. The van der Waals surface area contributed by atoms with E-state index in [1.807, 2.05) is 6.07 Å². The van der Waals surface area contributed by atoms with Crippen LogP contribution < -0.4 is 5.32 Å². The molecule has 0 fully saturated rings. The van der Waals surface area contributed by atoms with Gasteiger partial charge in [-0.2, -0.15) is 0 Å². The summed E-state index contributed by atoms with van der Waals surface area (Å²) in [6, 6.07) is 12.7. The second-order valence-electron chi connectivity index (χ2n) is 5.63. The van der Waals surface area contributed by atoms with Crippen LogP contribution in [0.3, 0.4) is 0 Å². The van der Waals surface area contributed by atoms with Gasteiger partial charge in [0.2, 0.25) is 5.91 Å². The molecule has 1 N–H and O–H groups in total. The molecule has 102 valence electrons. The zero-order valence-electron chi connectivity index (χ0n) is 12.2. The number of carbonyl (C=O) groups excluding carboxylic acids is 1. The maximum absolute atomic E-state index is 12.1. The van der Waals surface area contributed by atoms with Crippen LogP contribution in [0, 0.1) is 20.8 Å². The molecule has 1 aliphatic heterocycles. The summed E-state index contributed by atoms with van der Waals surface area (Å²) < 4.78 is 0. The van der Waals surface area contributed by atoms with E-state index in [1.165, 1.54) is 27.8 Å².